The number of rotatable bonds is 5. The van der Waals surface area contributed by atoms with E-state index in [2.05, 4.69) is 26.6 Å². The molecule has 0 bridgehead atoms. The molecule has 1 N–H and O–H groups in total. The summed E-state index contributed by atoms with van der Waals surface area (Å²) in [7, 11) is -4.82. The Morgan fingerprint density at radius 3 is 2.55 bits per heavy atom. The second-order valence-electron chi connectivity index (χ2n) is 1.67. The third-order valence-corrected chi connectivity index (χ3v) is 2.68. The molecule has 0 amide bonds. The summed E-state index contributed by atoms with van der Waals surface area (Å²) in [6.07, 6.45) is 0.293. The molecule has 0 fully saturated rings. The highest BCUT2D eigenvalue weighted by Crippen LogP contribution is 1.90. The molecule has 0 rings (SSSR count). The molecule has 0 aliphatic rings. The Hall–Kier alpha value is 0.660. The van der Waals surface area contributed by atoms with Crippen LogP contribution in [0.5, 0.6) is 0 Å². The topological polar surface area (TPSA) is 63.6 Å². The van der Waals surface area contributed by atoms with Crippen LogP contribution in [0.4, 0.5) is 0 Å². The third-order valence-electron chi connectivity index (χ3n) is 0.726. The fourth-order valence-corrected chi connectivity index (χ4v) is 1.66. The number of hydrogen-bond donors (Lipinski definition) is 1. The van der Waals surface area contributed by atoms with Crippen LogP contribution >= 0.6 is 0 Å². The van der Waals surface area contributed by atoms with Gasteiger partial charge in [-0.2, -0.15) is 0 Å². The maximum atomic E-state index is 10.4. The predicted molar refractivity (Wildman–Crippen MR) is 49.0 cm³/mol. The molecule has 0 aliphatic carbocycles. The van der Waals surface area contributed by atoms with Gasteiger partial charge in [-0.1, -0.05) is 9.64 Å². The largest absolute Gasteiger partial charge is 0.444 e. The Bertz CT molecular complexity index is 255. The van der Waals surface area contributed by atoms with Crippen molar-refractivity contribution < 1.29 is 17.2 Å². The summed E-state index contributed by atoms with van der Waals surface area (Å²) in [6.45, 7) is 0.101. The van der Waals surface area contributed by atoms with Gasteiger partial charge in [0.05, 0.1) is 5.75 Å². The molecular weight excluding hydrogens is 228 g/mol. The molecule has 0 saturated heterocycles. The molecular formula is C3H7O4S4-. The van der Waals surface area contributed by atoms with Gasteiger partial charge >= 0.3 is 0 Å². The van der Waals surface area contributed by atoms with Crippen molar-refractivity contribution in [2.75, 3.05) is 12.4 Å². The molecule has 0 spiro atoms. The zero-order chi connectivity index (χ0) is 8.91. The van der Waals surface area contributed by atoms with E-state index in [-0.39, 0.29) is 12.4 Å². The van der Waals surface area contributed by atoms with Gasteiger partial charge in [0.2, 0.25) is 0 Å². The van der Waals surface area contributed by atoms with E-state index in [9.17, 15) is 8.42 Å². The van der Waals surface area contributed by atoms with Crippen LogP contribution in [0, 0.1) is 0 Å². The normalized spacial score (nSPS) is 16.5. The smallest absolute Gasteiger partial charge is 0.141 e. The minimum atomic E-state index is -3.10. The summed E-state index contributed by atoms with van der Waals surface area (Å²) in [6, 6.07) is 0. The van der Waals surface area contributed by atoms with Gasteiger partial charge in [-0.3, -0.25) is 0 Å². The van der Waals surface area contributed by atoms with Crippen molar-refractivity contribution in [2.24, 2.45) is 0 Å². The quantitative estimate of drug-likeness (QED) is 0.532. The molecule has 8 heteroatoms. The summed E-state index contributed by atoms with van der Waals surface area (Å²) in [5.74, 6) is -0.0329. The first-order valence-corrected chi connectivity index (χ1v) is 7.20. The Balaban J connectivity index is 3.44. The van der Waals surface area contributed by atoms with E-state index < -0.39 is 18.4 Å². The van der Waals surface area contributed by atoms with E-state index in [4.69, 9.17) is 4.55 Å². The lowest BCUT2D eigenvalue weighted by atomic mass is 10.5. The predicted octanol–water partition coefficient (Wildman–Crippen LogP) is -0.0469. The monoisotopic (exact) mass is 235 g/mol. The van der Waals surface area contributed by atoms with E-state index in [1.54, 1.807) is 0 Å². The van der Waals surface area contributed by atoms with Gasteiger partial charge in [-0.25, -0.2) is 15.4 Å². The average Bonchev–Trinajstić information content (AvgIpc) is 1.78. The fourth-order valence-electron chi connectivity index (χ4n) is 0.368. The van der Waals surface area contributed by atoms with Crippen molar-refractivity contribution in [3.8, 4) is 0 Å². The van der Waals surface area contributed by atoms with E-state index in [1.165, 1.54) is 0 Å². The molecule has 68 valence electrons. The van der Waals surface area contributed by atoms with E-state index in [0.29, 0.717) is 6.42 Å². The second kappa shape index (κ2) is 5.33. The molecule has 0 aromatic carbocycles. The molecule has 1 unspecified atom stereocenters. The molecule has 1 atom stereocenters. The van der Waals surface area contributed by atoms with Crippen LogP contribution in [0.2, 0.25) is 0 Å². The van der Waals surface area contributed by atoms with Gasteiger partial charge in [0.15, 0.2) is 0 Å². The Morgan fingerprint density at radius 2 is 2.18 bits per heavy atom. The summed E-state index contributed by atoms with van der Waals surface area (Å²) in [5, 5.41) is 0. The average molecular weight is 235 g/mol. The number of hydrogen-bond acceptors (Lipinski definition) is 6. The first-order chi connectivity index (χ1) is 4.92. The lowest BCUT2D eigenvalue weighted by Gasteiger charge is -2.03. The zero-order valence-corrected chi connectivity index (χ0v) is 8.69. The maximum Gasteiger partial charge on any atom is 0.141 e. The Labute approximate surface area is 76.7 Å². The van der Waals surface area contributed by atoms with Gasteiger partial charge in [-0.15, -0.1) is 0 Å². The van der Waals surface area contributed by atoms with Gasteiger partial charge in [0, 0.05) is 17.8 Å². The molecule has 4 nitrogen and oxygen atoms in total. The van der Waals surface area contributed by atoms with Crippen LogP contribution in [0.25, 0.3) is 0 Å². The van der Waals surface area contributed by atoms with E-state index in [0.717, 1.165) is 0 Å². The Kier molecular flexibility index (Phi) is 5.65. The maximum absolute atomic E-state index is 10.4. The lowest BCUT2D eigenvalue weighted by Crippen LogP contribution is -2.05. The zero-order valence-electron chi connectivity index (χ0n) is 5.43. The first-order valence-electron chi connectivity index (χ1n) is 2.59. The standard InChI is InChI=1S/C3H7O4S4/c4-10(8)7-2-1-3-11(5,6)9/h1-3H2,(H,5,6,9)/q-1. The second-order valence-corrected chi connectivity index (χ2v) is 6.26. The lowest BCUT2D eigenvalue weighted by molar-refractivity contribution is 0.350. The minimum absolute atomic E-state index is 0.0329. The minimum Gasteiger partial charge on any atom is -0.444 e. The summed E-state index contributed by atoms with van der Waals surface area (Å²) in [4.78, 5) is 0. The van der Waals surface area contributed by atoms with Crippen LogP contribution in [-0.2, 0) is 49.2 Å². The molecule has 0 aliphatic heterocycles. The Morgan fingerprint density at radius 1 is 1.64 bits per heavy atom. The third kappa shape index (κ3) is 10.7. The highest BCUT2D eigenvalue weighted by Gasteiger charge is 1.97. The van der Waals surface area contributed by atoms with Crippen molar-refractivity contribution >= 4 is 40.8 Å². The first kappa shape index (κ1) is 11.7. The summed E-state index contributed by atoms with van der Waals surface area (Å²) in [5.41, 5.74) is 0. The molecule has 0 radical (unpaired) electrons. The van der Waals surface area contributed by atoms with Crippen LogP contribution in [0.3, 0.4) is 0 Å². The summed E-state index contributed by atoms with van der Waals surface area (Å²) >= 11 is 8.37. The van der Waals surface area contributed by atoms with Crippen LogP contribution in [-0.4, -0.2) is 21.1 Å². The van der Waals surface area contributed by atoms with Crippen molar-refractivity contribution in [1.29, 1.82) is 0 Å². The van der Waals surface area contributed by atoms with Crippen molar-refractivity contribution in [3.05, 3.63) is 0 Å². The molecule has 11 heavy (non-hydrogen) atoms. The molecule has 0 heterocycles. The fraction of sp³-hybridized carbons (Fsp3) is 1.00. The van der Waals surface area contributed by atoms with Crippen LogP contribution < -0.4 is 0 Å². The van der Waals surface area contributed by atoms with Gasteiger partial charge in [0.25, 0.3) is 0 Å². The summed E-state index contributed by atoms with van der Waals surface area (Å²) < 4.78 is 33.6. The van der Waals surface area contributed by atoms with E-state index in [1.807, 2.05) is 0 Å². The SMILES string of the molecule is O=[S-](=S)OCCCS(=O)(O)=S. The van der Waals surface area contributed by atoms with Gasteiger partial charge in [0.1, 0.15) is 8.77 Å². The molecule has 0 saturated carbocycles. The van der Waals surface area contributed by atoms with Crippen molar-refractivity contribution in [2.45, 2.75) is 6.42 Å². The van der Waals surface area contributed by atoms with Gasteiger partial charge in [-0.05, 0) is 6.42 Å². The molecule has 0 aromatic rings. The van der Waals surface area contributed by atoms with E-state index >= 15 is 0 Å². The van der Waals surface area contributed by atoms with Crippen molar-refractivity contribution in [3.63, 3.8) is 0 Å². The molecule has 0 aromatic heterocycles. The highest BCUT2D eigenvalue weighted by molar-refractivity contribution is 8.29. The highest BCUT2D eigenvalue weighted by atomic mass is 32.8. The van der Waals surface area contributed by atoms with Crippen molar-refractivity contribution in [1.82, 2.24) is 0 Å². The van der Waals surface area contributed by atoms with Crippen LogP contribution in [0.15, 0.2) is 0 Å². The van der Waals surface area contributed by atoms with Crippen LogP contribution in [0.1, 0.15) is 6.42 Å². The van der Waals surface area contributed by atoms with Gasteiger partial charge < -0.3 is 12.9 Å².